The lowest BCUT2D eigenvalue weighted by molar-refractivity contribution is -0.0618. The van der Waals surface area contributed by atoms with E-state index >= 15 is 0 Å². The fourth-order valence-electron chi connectivity index (χ4n) is 3.27. The van der Waals surface area contributed by atoms with Gasteiger partial charge in [0, 0.05) is 37.6 Å². The number of thiazole rings is 1. The maximum Gasteiger partial charge on any atom is 0.0966 e. The lowest BCUT2D eigenvalue weighted by Gasteiger charge is -2.38. The minimum atomic E-state index is -0.689. The Morgan fingerprint density at radius 3 is 2.77 bits per heavy atom. The van der Waals surface area contributed by atoms with E-state index in [1.807, 2.05) is 12.4 Å². The van der Waals surface area contributed by atoms with Crippen molar-refractivity contribution in [3.8, 4) is 0 Å². The first-order chi connectivity index (χ1) is 10.6. The molecule has 1 aromatic rings. The molecule has 1 aromatic heterocycles. The predicted molar refractivity (Wildman–Crippen MR) is 84.9 cm³/mol. The maximum absolute atomic E-state index is 10.5. The van der Waals surface area contributed by atoms with Crippen LogP contribution in [0.15, 0.2) is 5.51 Å². The summed E-state index contributed by atoms with van der Waals surface area (Å²) in [6, 6.07) is -0.0328. The average molecular weight is 327 g/mol. The van der Waals surface area contributed by atoms with E-state index in [4.69, 9.17) is 4.74 Å². The van der Waals surface area contributed by atoms with Gasteiger partial charge < -0.3 is 14.9 Å². The minimum absolute atomic E-state index is 0.0328. The van der Waals surface area contributed by atoms with Crippen molar-refractivity contribution in [3.05, 3.63) is 16.1 Å². The Labute approximate surface area is 135 Å². The van der Waals surface area contributed by atoms with Gasteiger partial charge in [0.2, 0.25) is 0 Å². The number of morpholine rings is 1. The summed E-state index contributed by atoms with van der Waals surface area (Å²) in [7, 11) is 0. The van der Waals surface area contributed by atoms with Crippen LogP contribution in [0.5, 0.6) is 0 Å². The van der Waals surface area contributed by atoms with Crippen LogP contribution < -0.4 is 0 Å². The lowest BCUT2D eigenvalue weighted by Crippen LogP contribution is -2.55. The topological polar surface area (TPSA) is 69.1 Å². The Balaban J connectivity index is 1.71. The fourth-order valence-corrected chi connectivity index (χ4v) is 4.09. The van der Waals surface area contributed by atoms with E-state index in [0.29, 0.717) is 19.6 Å². The van der Waals surface area contributed by atoms with E-state index in [1.165, 1.54) is 4.88 Å². The molecule has 3 heterocycles. The zero-order chi connectivity index (χ0) is 15.5. The van der Waals surface area contributed by atoms with Crippen molar-refractivity contribution in [1.82, 2.24) is 14.8 Å². The molecular formula is C15H25N3O3S. The van der Waals surface area contributed by atoms with Crippen molar-refractivity contribution in [2.45, 2.75) is 38.1 Å². The quantitative estimate of drug-likeness (QED) is 0.819. The second-order valence-electron chi connectivity index (χ2n) is 6.16. The van der Waals surface area contributed by atoms with Crippen LogP contribution >= 0.6 is 11.3 Å². The first-order valence-electron chi connectivity index (χ1n) is 7.94. The number of aliphatic hydroxyl groups is 2. The number of likely N-dealkylation sites (tertiary alicyclic amines) is 1. The molecule has 0 radical (unpaired) electrons. The minimum Gasteiger partial charge on any atom is -0.390 e. The number of hydrogen-bond donors (Lipinski definition) is 2. The Morgan fingerprint density at radius 1 is 1.32 bits per heavy atom. The number of rotatable bonds is 3. The summed E-state index contributed by atoms with van der Waals surface area (Å²) >= 11 is 1.68. The molecule has 3 atom stereocenters. The zero-order valence-corrected chi connectivity index (χ0v) is 13.8. The highest BCUT2D eigenvalue weighted by atomic mass is 32.1. The first kappa shape index (κ1) is 16.3. The van der Waals surface area contributed by atoms with Crippen molar-refractivity contribution in [2.24, 2.45) is 0 Å². The van der Waals surface area contributed by atoms with Gasteiger partial charge in [-0.2, -0.15) is 0 Å². The third kappa shape index (κ3) is 3.67. The normalized spacial score (nSPS) is 32.0. The number of ether oxygens (including phenoxy) is 1. The van der Waals surface area contributed by atoms with Crippen molar-refractivity contribution in [1.29, 1.82) is 0 Å². The van der Waals surface area contributed by atoms with Crippen LogP contribution in [0.25, 0.3) is 0 Å². The third-order valence-electron chi connectivity index (χ3n) is 4.70. The van der Waals surface area contributed by atoms with Gasteiger partial charge in [-0.1, -0.05) is 0 Å². The van der Waals surface area contributed by atoms with Crippen molar-refractivity contribution in [3.63, 3.8) is 0 Å². The highest BCUT2D eigenvalue weighted by Gasteiger charge is 2.36. The van der Waals surface area contributed by atoms with E-state index < -0.39 is 12.2 Å². The van der Waals surface area contributed by atoms with Gasteiger partial charge in [-0.25, -0.2) is 4.98 Å². The van der Waals surface area contributed by atoms with Crippen molar-refractivity contribution in [2.75, 3.05) is 39.4 Å². The van der Waals surface area contributed by atoms with E-state index in [9.17, 15) is 10.2 Å². The highest BCUT2D eigenvalue weighted by Crippen LogP contribution is 2.22. The third-order valence-corrected chi connectivity index (χ3v) is 5.62. The molecule has 0 amide bonds. The Bertz CT molecular complexity index is 478. The molecule has 2 aliphatic heterocycles. The zero-order valence-electron chi connectivity index (χ0n) is 13.0. The van der Waals surface area contributed by atoms with Gasteiger partial charge in [-0.05, 0) is 13.3 Å². The van der Waals surface area contributed by atoms with E-state index in [1.54, 1.807) is 11.3 Å². The highest BCUT2D eigenvalue weighted by molar-refractivity contribution is 7.09. The monoisotopic (exact) mass is 327 g/mol. The molecule has 0 aliphatic carbocycles. The molecule has 0 saturated carbocycles. The Kier molecular flexibility index (Phi) is 5.43. The summed E-state index contributed by atoms with van der Waals surface area (Å²) in [5, 5.41) is 20.7. The maximum atomic E-state index is 10.5. The lowest BCUT2D eigenvalue weighted by atomic mass is 10.0. The van der Waals surface area contributed by atoms with E-state index in [2.05, 4.69) is 14.8 Å². The van der Waals surface area contributed by atoms with Gasteiger partial charge in [0.25, 0.3) is 0 Å². The number of aliphatic hydroxyl groups excluding tert-OH is 2. The van der Waals surface area contributed by atoms with Crippen LogP contribution in [0.4, 0.5) is 0 Å². The molecule has 2 N–H and O–H groups in total. The van der Waals surface area contributed by atoms with Crippen LogP contribution in [0, 0.1) is 6.92 Å². The average Bonchev–Trinajstić information content (AvgIpc) is 2.88. The molecule has 0 aromatic carbocycles. The van der Waals surface area contributed by atoms with E-state index in [0.717, 1.165) is 38.4 Å². The summed E-state index contributed by atoms with van der Waals surface area (Å²) in [5.41, 5.74) is 2.96. The van der Waals surface area contributed by atoms with Crippen LogP contribution in [0.1, 0.15) is 17.0 Å². The molecule has 6 nitrogen and oxygen atoms in total. The molecule has 0 spiro atoms. The van der Waals surface area contributed by atoms with Gasteiger partial charge in [0.05, 0.1) is 42.7 Å². The van der Waals surface area contributed by atoms with Crippen LogP contribution in [-0.2, 0) is 11.3 Å². The first-order valence-corrected chi connectivity index (χ1v) is 8.82. The second kappa shape index (κ2) is 7.33. The molecule has 124 valence electrons. The summed E-state index contributed by atoms with van der Waals surface area (Å²) in [4.78, 5) is 10.2. The number of aromatic nitrogens is 1. The summed E-state index contributed by atoms with van der Waals surface area (Å²) in [5.74, 6) is 0. The van der Waals surface area contributed by atoms with Gasteiger partial charge in [-0.15, -0.1) is 11.3 Å². The predicted octanol–water partition coefficient (Wildman–Crippen LogP) is 0.0798. The molecule has 3 rings (SSSR count). The largest absolute Gasteiger partial charge is 0.390 e. The second-order valence-corrected chi connectivity index (χ2v) is 7.10. The summed E-state index contributed by atoms with van der Waals surface area (Å²) < 4.78 is 5.41. The van der Waals surface area contributed by atoms with Crippen molar-refractivity contribution < 1.29 is 14.9 Å². The van der Waals surface area contributed by atoms with Crippen molar-refractivity contribution >= 4 is 11.3 Å². The fraction of sp³-hybridized carbons (Fsp3) is 0.800. The number of nitrogens with zero attached hydrogens (tertiary/aromatic N) is 3. The van der Waals surface area contributed by atoms with E-state index in [-0.39, 0.29) is 6.04 Å². The molecular weight excluding hydrogens is 302 g/mol. The molecule has 2 saturated heterocycles. The Hall–Kier alpha value is -0.570. The molecule has 2 fully saturated rings. The Morgan fingerprint density at radius 2 is 2.09 bits per heavy atom. The SMILES string of the molecule is Cc1ncsc1CN1CC[C@@H](O)[C@@H](O)[C@H](N2CCOCC2)C1. The molecule has 0 unspecified atom stereocenters. The molecule has 0 bridgehead atoms. The molecule has 2 aliphatic rings. The van der Waals surface area contributed by atoms with Crippen LogP contribution in [0.3, 0.4) is 0 Å². The van der Waals surface area contributed by atoms with Gasteiger partial charge in [-0.3, -0.25) is 9.80 Å². The molecule has 7 heteroatoms. The van der Waals surface area contributed by atoms with Gasteiger partial charge in [0.15, 0.2) is 0 Å². The molecule has 22 heavy (non-hydrogen) atoms. The number of aryl methyl sites for hydroxylation is 1. The standard InChI is InChI=1S/C15H25N3O3S/c1-11-14(22-10-16-11)9-17-3-2-13(19)15(20)12(8-17)18-4-6-21-7-5-18/h10,12-13,15,19-20H,2-9H2,1H3/t12-,13-,15+/m1/s1. The van der Waals surface area contributed by atoms with Gasteiger partial charge in [0.1, 0.15) is 0 Å². The number of hydrogen-bond acceptors (Lipinski definition) is 7. The van der Waals surface area contributed by atoms with Crippen LogP contribution in [0.2, 0.25) is 0 Å². The summed E-state index contributed by atoms with van der Waals surface area (Å²) in [6.07, 6.45) is -0.731. The van der Waals surface area contributed by atoms with Gasteiger partial charge >= 0.3 is 0 Å². The smallest absolute Gasteiger partial charge is 0.0966 e. The summed E-state index contributed by atoms with van der Waals surface area (Å²) in [6.45, 7) is 7.50. The van der Waals surface area contributed by atoms with Crippen LogP contribution in [-0.4, -0.2) is 82.6 Å².